The van der Waals surface area contributed by atoms with Crippen molar-refractivity contribution in [2.24, 2.45) is 5.73 Å². The van der Waals surface area contributed by atoms with Crippen LogP contribution in [-0.2, 0) is 13.1 Å². The highest BCUT2D eigenvalue weighted by molar-refractivity contribution is 7.98. The molecule has 102 valence electrons. The van der Waals surface area contributed by atoms with Crippen LogP contribution in [0, 0.1) is 0 Å². The first-order valence-corrected chi connectivity index (χ1v) is 7.64. The van der Waals surface area contributed by atoms with E-state index in [1.807, 2.05) is 11.8 Å². The molecule has 0 aliphatic carbocycles. The number of methoxy groups -OCH3 is 1. The molecule has 0 unspecified atom stereocenters. The maximum absolute atomic E-state index is 5.67. The van der Waals surface area contributed by atoms with Crippen molar-refractivity contribution in [3.05, 3.63) is 29.3 Å². The SMILES string of the molecule is COc1cc(CN(C)CCCSC)ccc1CN. The fourth-order valence-electron chi connectivity index (χ4n) is 1.93. The number of hydrogen-bond donors (Lipinski definition) is 1. The molecule has 0 aliphatic rings. The topological polar surface area (TPSA) is 38.5 Å². The predicted molar refractivity (Wildman–Crippen MR) is 80.2 cm³/mol. The van der Waals surface area contributed by atoms with E-state index >= 15 is 0 Å². The lowest BCUT2D eigenvalue weighted by molar-refractivity contribution is 0.327. The molecule has 0 amide bonds. The molecule has 0 saturated carbocycles. The van der Waals surface area contributed by atoms with E-state index in [-0.39, 0.29) is 0 Å². The van der Waals surface area contributed by atoms with Gasteiger partial charge in [0.15, 0.2) is 0 Å². The molecule has 0 radical (unpaired) electrons. The van der Waals surface area contributed by atoms with Crippen molar-refractivity contribution in [1.29, 1.82) is 0 Å². The highest BCUT2D eigenvalue weighted by Gasteiger charge is 2.05. The van der Waals surface area contributed by atoms with Gasteiger partial charge in [0.1, 0.15) is 5.75 Å². The second kappa shape index (κ2) is 8.40. The molecule has 0 spiro atoms. The third-order valence-electron chi connectivity index (χ3n) is 2.91. The molecule has 1 aromatic carbocycles. The third kappa shape index (κ3) is 4.88. The Hall–Kier alpha value is -0.710. The van der Waals surface area contributed by atoms with E-state index in [9.17, 15) is 0 Å². The maximum atomic E-state index is 5.67. The third-order valence-corrected chi connectivity index (χ3v) is 3.61. The fraction of sp³-hybridized carbons (Fsp3) is 0.571. The Bertz CT molecular complexity index is 358. The molecule has 3 nitrogen and oxygen atoms in total. The van der Waals surface area contributed by atoms with E-state index < -0.39 is 0 Å². The van der Waals surface area contributed by atoms with Gasteiger partial charge in [0.2, 0.25) is 0 Å². The molecule has 0 bridgehead atoms. The summed E-state index contributed by atoms with van der Waals surface area (Å²) >= 11 is 1.90. The van der Waals surface area contributed by atoms with Gasteiger partial charge in [-0.3, -0.25) is 0 Å². The molecule has 0 fully saturated rings. The first kappa shape index (κ1) is 15.3. The predicted octanol–water partition coefficient (Wildman–Crippen LogP) is 2.34. The first-order valence-electron chi connectivity index (χ1n) is 6.24. The number of hydrogen-bond acceptors (Lipinski definition) is 4. The fourth-order valence-corrected chi connectivity index (χ4v) is 2.34. The molecule has 0 heterocycles. The zero-order valence-electron chi connectivity index (χ0n) is 11.6. The van der Waals surface area contributed by atoms with Gasteiger partial charge in [0.05, 0.1) is 7.11 Å². The average Bonchev–Trinajstić information content (AvgIpc) is 2.39. The van der Waals surface area contributed by atoms with Gasteiger partial charge in [-0.2, -0.15) is 11.8 Å². The van der Waals surface area contributed by atoms with Crippen LogP contribution in [0.2, 0.25) is 0 Å². The molecule has 1 aromatic rings. The van der Waals surface area contributed by atoms with Gasteiger partial charge in [0, 0.05) is 18.7 Å². The van der Waals surface area contributed by atoms with Crippen molar-refractivity contribution >= 4 is 11.8 Å². The molecular formula is C14H24N2OS. The van der Waals surface area contributed by atoms with Crippen LogP contribution in [0.15, 0.2) is 18.2 Å². The molecule has 4 heteroatoms. The van der Waals surface area contributed by atoms with E-state index in [1.165, 1.54) is 17.7 Å². The summed E-state index contributed by atoms with van der Waals surface area (Å²) in [5.74, 6) is 2.12. The summed E-state index contributed by atoms with van der Waals surface area (Å²) in [4.78, 5) is 2.34. The standard InChI is InChI=1S/C14H24N2OS/c1-16(7-4-8-18-3)11-12-5-6-13(10-15)14(9-12)17-2/h5-6,9H,4,7-8,10-11,15H2,1-3H3. The zero-order chi connectivity index (χ0) is 13.4. The van der Waals surface area contributed by atoms with Gasteiger partial charge in [-0.15, -0.1) is 0 Å². The minimum Gasteiger partial charge on any atom is -0.496 e. The molecule has 0 aromatic heterocycles. The van der Waals surface area contributed by atoms with Gasteiger partial charge in [-0.1, -0.05) is 12.1 Å². The number of ether oxygens (including phenoxy) is 1. The highest BCUT2D eigenvalue weighted by atomic mass is 32.2. The van der Waals surface area contributed by atoms with Crippen molar-refractivity contribution in [2.45, 2.75) is 19.5 Å². The molecule has 1 rings (SSSR count). The Morgan fingerprint density at radius 3 is 2.78 bits per heavy atom. The summed E-state index contributed by atoms with van der Waals surface area (Å²) < 4.78 is 5.36. The van der Waals surface area contributed by atoms with Gasteiger partial charge in [-0.25, -0.2) is 0 Å². The zero-order valence-corrected chi connectivity index (χ0v) is 12.4. The largest absolute Gasteiger partial charge is 0.496 e. The Morgan fingerprint density at radius 1 is 1.39 bits per heavy atom. The summed E-state index contributed by atoms with van der Waals surface area (Å²) in [5, 5.41) is 0. The van der Waals surface area contributed by atoms with Crippen LogP contribution < -0.4 is 10.5 Å². The smallest absolute Gasteiger partial charge is 0.123 e. The summed E-state index contributed by atoms with van der Waals surface area (Å²) in [5.41, 5.74) is 8.00. The Balaban J connectivity index is 2.56. The van der Waals surface area contributed by atoms with Gasteiger partial charge < -0.3 is 15.4 Å². The molecule has 0 aliphatic heterocycles. The summed E-state index contributed by atoms with van der Waals surface area (Å²) in [6.07, 6.45) is 3.38. The molecular weight excluding hydrogens is 244 g/mol. The first-order chi connectivity index (χ1) is 8.71. The van der Waals surface area contributed by atoms with Gasteiger partial charge in [0.25, 0.3) is 0 Å². The quantitative estimate of drug-likeness (QED) is 0.735. The van der Waals surface area contributed by atoms with Crippen LogP contribution >= 0.6 is 11.8 Å². The number of rotatable bonds is 8. The second-order valence-corrected chi connectivity index (χ2v) is 5.42. The average molecular weight is 268 g/mol. The Kier molecular flexibility index (Phi) is 7.16. The lowest BCUT2D eigenvalue weighted by Crippen LogP contribution is -2.19. The van der Waals surface area contributed by atoms with E-state index in [4.69, 9.17) is 10.5 Å². The van der Waals surface area contributed by atoms with Crippen molar-refractivity contribution in [2.75, 3.05) is 32.7 Å². The van der Waals surface area contributed by atoms with Crippen LogP contribution in [0.4, 0.5) is 0 Å². The van der Waals surface area contributed by atoms with E-state index in [2.05, 4.69) is 36.4 Å². The number of nitrogens with zero attached hydrogens (tertiary/aromatic N) is 1. The number of nitrogens with two attached hydrogens (primary N) is 1. The van der Waals surface area contributed by atoms with Crippen LogP contribution in [0.25, 0.3) is 0 Å². The Morgan fingerprint density at radius 2 is 2.17 bits per heavy atom. The van der Waals surface area contributed by atoms with E-state index in [1.54, 1.807) is 7.11 Å². The lowest BCUT2D eigenvalue weighted by Gasteiger charge is -2.17. The van der Waals surface area contributed by atoms with Crippen LogP contribution in [0.1, 0.15) is 17.5 Å². The lowest BCUT2D eigenvalue weighted by atomic mass is 10.1. The van der Waals surface area contributed by atoms with Crippen molar-refractivity contribution in [3.63, 3.8) is 0 Å². The summed E-state index contributed by atoms with van der Waals surface area (Å²) in [6, 6.07) is 6.28. The molecule has 0 saturated heterocycles. The normalized spacial score (nSPS) is 10.9. The van der Waals surface area contributed by atoms with Crippen LogP contribution in [0.3, 0.4) is 0 Å². The van der Waals surface area contributed by atoms with Crippen molar-refractivity contribution in [3.8, 4) is 5.75 Å². The number of thioether (sulfide) groups is 1. The van der Waals surface area contributed by atoms with E-state index in [0.717, 1.165) is 24.4 Å². The molecule has 0 atom stereocenters. The van der Waals surface area contributed by atoms with Gasteiger partial charge >= 0.3 is 0 Å². The maximum Gasteiger partial charge on any atom is 0.123 e. The van der Waals surface area contributed by atoms with Crippen LogP contribution in [-0.4, -0.2) is 37.6 Å². The van der Waals surface area contributed by atoms with Gasteiger partial charge in [-0.05, 0) is 43.7 Å². The molecule has 2 N–H and O–H groups in total. The minimum atomic E-state index is 0.521. The second-order valence-electron chi connectivity index (χ2n) is 4.43. The van der Waals surface area contributed by atoms with E-state index in [0.29, 0.717) is 6.54 Å². The Labute approximate surface area is 115 Å². The van der Waals surface area contributed by atoms with Crippen LogP contribution in [0.5, 0.6) is 5.75 Å². The molecule has 18 heavy (non-hydrogen) atoms. The minimum absolute atomic E-state index is 0.521. The highest BCUT2D eigenvalue weighted by Crippen LogP contribution is 2.20. The summed E-state index contributed by atoms with van der Waals surface area (Å²) in [7, 11) is 3.85. The monoisotopic (exact) mass is 268 g/mol. The van der Waals surface area contributed by atoms with Crippen molar-refractivity contribution in [1.82, 2.24) is 4.90 Å². The van der Waals surface area contributed by atoms with Crippen molar-refractivity contribution < 1.29 is 4.74 Å². The summed E-state index contributed by atoms with van der Waals surface area (Å²) in [6.45, 7) is 2.60. The number of benzene rings is 1.